The van der Waals surface area contributed by atoms with Crippen LogP contribution >= 0.6 is 0 Å². The molecular formula is C33H44F3N3O6. The molecule has 0 bridgehead atoms. The number of rotatable bonds is 8. The number of fused-ring (bicyclic) bond motifs is 1. The maximum atomic E-state index is 14.1. The van der Waals surface area contributed by atoms with Crippen LogP contribution in [0.5, 0.6) is 5.75 Å². The molecule has 3 rings (SSSR count). The molecule has 0 spiro atoms. The monoisotopic (exact) mass is 635 g/mol. The third kappa shape index (κ3) is 11.0. The molecule has 0 saturated heterocycles. The van der Waals surface area contributed by atoms with Crippen molar-refractivity contribution in [2.24, 2.45) is 5.92 Å². The normalized spacial score (nSPS) is 20.8. The largest absolute Gasteiger partial charge is 0.490 e. The van der Waals surface area contributed by atoms with E-state index in [1.54, 1.807) is 43.1 Å². The van der Waals surface area contributed by atoms with E-state index in [1.807, 2.05) is 19.9 Å². The summed E-state index contributed by atoms with van der Waals surface area (Å²) in [5.74, 6) is -1.49. The lowest BCUT2D eigenvalue weighted by atomic mass is 10.0. The number of anilines is 1. The summed E-state index contributed by atoms with van der Waals surface area (Å²) in [5, 5.41) is 12.6. The number of likely N-dealkylation sites (N-methyl/N-ethyl adjacent to an activating group) is 1. The van der Waals surface area contributed by atoms with Crippen molar-refractivity contribution in [1.29, 1.82) is 0 Å². The van der Waals surface area contributed by atoms with Crippen LogP contribution in [0.1, 0.15) is 73.6 Å². The van der Waals surface area contributed by atoms with Crippen LogP contribution in [0, 0.1) is 5.92 Å². The first-order valence-electron chi connectivity index (χ1n) is 15.3. The fraction of sp³-hybridized carbons (Fsp3) is 0.545. The number of halogens is 3. The zero-order valence-electron chi connectivity index (χ0n) is 26.3. The molecule has 2 aromatic rings. The Kier molecular flexibility index (Phi) is 13.2. The van der Waals surface area contributed by atoms with E-state index in [0.29, 0.717) is 18.6 Å². The van der Waals surface area contributed by atoms with Crippen molar-refractivity contribution in [1.82, 2.24) is 9.80 Å². The zero-order valence-corrected chi connectivity index (χ0v) is 26.3. The molecule has 45 heavy (non-hydrogen) atoms. The molecular weight excluding hydrogens is 591 g/mol. The van der Waals surface area contributed by atoms with Crippen molar-refractivity contribution in [3.63, 3.8) is 0 Å². The predicted molar refractivity (Wildman–Crippen MR) is 164 cm³/mol. The lowest BCUT2D eigenvalue weighted by Crippen LogP contribution is -2.48. The quantitative estimate of drug-likeness (QED) is 0.395. The molecule has 1 heterocycles. The van der Waals surface area contributed by atoms with Crippen LogP contribution in [-0.2, 0) is 9.53 Å². The average molecular weight is 636 g/mol. The summed E-state index contributed by atoms with van der Waals surface area (Å²) in [4.78, 5) is 42.6. The zero-order chi connectivity index (χ0) is 33.1. The summed E-state index contributed by atoms with van der Waals surface area (Å²) in [6.07, 6.45) is -5.01. The number of carbonyl (C=O) groups is 3. The predicted octanol–water partition coefficient (Wildman–Crippen LogP) is 5.54. The average Bonchev–Trinajstić information content (AvgIpc) is 3.01. The molecule has 3 amide bonds. The lowest BCUT2D eigenvalue weighted by molar-refractivity contribution is -0.142. The van der Waals surface area contributed by atoms with Gasteiger partial charge in [-0.1, -0.05) is 25.1 Å². The Hall–Kier alpha value is -3.64. The molecule has 1 aliphatic rings. The third-order valence-corrected chi connectivity index (χ3v) is 7.79. The molecule has 2 N–H and O–H groups in total. The molecule has 0 aromatic heterocycles. The number of ether oxygens (including phenoxy) is 2. The topological polar surface area (TPSA) is 108 Å². The van der Waals surface area contributed by atoms with E-state index >= 15 is 0 Å². The van der Waals surface area contributed by atoms with Crippen LogP contribution in [0.25, 0.3) is 0 Å². The van der Waals surface area contributed by atoms with Gasteiger partial charge in [0.1, 0.15) is 5.75 Å². The Balaban J connectivity index is 1.91. The molecule has 0 saturated carbocycles. The second-order valence-electron chi connectivity index (χ2n) is 11.7. The van der Waals surface area contributed by atoms with Crippen molar-refractivity contribution in [2.45, 2.75) is 77.3 Å². The number of aliphatic hydroxyl groups is 1. The number of benzene rings is 2. The molecule has 1 aliphatic heterocycles. The minimum Gasteiger partial charge on any atom is -0.490 e. The first kappa shape index (κ1) is 35.8. The standard InChI is InChI=1S/C33H44F3N3O6/c1-22-19-39(23(2)21-40)32(43)27-18-26(37-30(41)15-16-33(34,35)36)13-14-28(27)45-24(3)10-8-9-17-44-29(22)20-38(4)31(42)25-11-6-5-7-12-25/h5-7,11-14,18,22-24,29,40H,8-10,15-17,19-21H2,1-4H3,(H,37,41)/t22-,23-,24+,29-/m0/s1. The first-order chi connectivity index (χ1) is 21.3. The van der Waals surface area contributed by atoms with E-state index in [-0.39, 0.29) is 54.6 Å². The van der Waals surface area contributed by atoms with E-state index in [9.17, 15) is 32.7 Å². The number of nitrogens with one attached hydrogen (secondary N) is 1. The third-order valence-electron chi connectivity index (χ3n) is 7.79. The summed E-state index contributed by atoms with van der Waals surface area (Å²) >= 11 is 0. The second kappa shape index (κ2) is 16.6. The van der Waals surface area contributed by atoms with Crippen molar-refractivity contribution >= 4 is 23.4 Å². The van der Waals surface area contributed by atoms with Crippen LogP contribution in [0.3, 0.4) is 0 Å². The Labute approximate surface area is 262 Å². The number of hydrogen-bond acceptors (Lipinski definition) is 6. The van der Waals surface area contributed by atoms with Gasteiger partial charge in [-0.3, -0.25) is 14.4 Å². The minimum absolute atomic E-state index is 0.105. The van der Waals surface area contributed by atoms with E-state index in [1.165, 1.54) is 23.1 Å². The van der Waals surface area contributed by atoms with E-state index < -0.39 is 43.0 Å². The number of carbonyl (C=O) groups excluding carboxylic acids is 3. The SMILES string of the molecule is C[C@@H]1CCCCO[C@@H](CN(C)C(=O)c2ccccc2)[C@@H](C)CN([C@@H](C)CO)C(=O)c2cc(NC(=O)CCC(F)(F)F)ccc2O1. The first-order valence-corrected chi connectivity index (χ1v) is 15.3. The number of aliphatic hydroxyl groups excluding tert-OH is 1. The number of alkyl halides is 3. The van der Waals surface area contributed by atoms with E-state index in [0.717, 1.165) is 12.8 Å². The van der Waals surface area contributed by atoms with Gasteiger partial charge < -0.3 is 29.7 Å². The van der Waals surface area contributed by atoms with Crippen LogP contribution in [0.4, 0.5) is 18.9 Å². The van der Waals surface area contributed by atoms with Crippen LogP contribution < -0.4 is 10.1 Å². The van der Waals surface area contributed by atoms with E-state index in [4.69, 9.17) is 9.47 Å². The molecule has 2 aromatic carbocycles. The second-order valence-corrected chi connectivity index (χ2v) is 11.7. The molecule has 9 nitrogen and oxygen atoms in total. The Bertz CT molecular complexity index is 1280. The molecule has 0 unspecified atom stereocenters. The lowest BCUT2D eigenvalue weighted by Gasteiger charge is -2.36. The number of nitrogens with zero attached hydrogens (tertiary/aromatic N) is 2. The summed E-state index contributed by atoms with van der Waals surface area (Å²) in [6.45, 7) is 6.03. The van der Waals surface area contributed by atoms with Gasteiger partial charge in [-0.2, -0.15) is 13.2 Å². The van der Waals surface area contributed by atoms with Crippen LogP contribution in [0.15, 0.2) is 48.5 Å². The van der Waals surface area contributed by atoms with Gasteiger partial charge in [0.15, 0.2) is 0 Å². The Morgan fingerprint density at radius 3 is 2.51 bits per heavy atom. The summed E-state index contributed by atoms with van der Waals surface area (Å²) in [7, 11) is 1.70. The Morgan fingerprint density at radius 2 is 1.84 bits per heavy atom. The highest BCUT2D eigenvalue weighted by Crippen LogP contribution is 2.29. The summed E-state index contributed by atoms with van der Waals surface area (Å²) in [6, 6.07) is 12.7. The molecule has 0 aliphatic carbocycles. The van der Waals surface area contributed by atoms with Gasteiger partial charge in [0.25, 0.3) is 11.8 Å². The molecule has 12 heteroatoms. The highest BCUT2D eigenvalue weighted by molar-refractivity contribution is 5.99. The van der Waals surface area contributed by atoms with Crippen LogP contribution in [0.2, 0.25) is 0 Å². The highest BCUT2D eigenvalue weighted by Gasteiger charge is 2.32. The summed E-state index contributed by atoms with van der Waals surface area (Å²) < 4.78 is 50.4. The molecule has 4 atom stereocenters. The van der Waals surface area contributed by atoms with Crippen LogP contribution in [-0.4, -0.2) is 90.4 Å². The number of amides is 3. The van der Waals surface area contributed by atoms with Crippen molar-refractivity contribution < 1.29 is 42.1 Å². The number of hydrogen-bond donors (Lipinski definition) is 2. The van der Waals surface area contributed by atoms with Crippen molar-refractivity contribution in [3.8, 4) is 5.75 Å². The fourth-order valence-electron chi connectivity index (χ4n) is 5.10. The maximum Gasteiger partial charge on any atom is 0.389 e. The minimum atomic E-state index is -4.47. The van der Waals surface area contributed by atoms with E-state index in [2.05, 4.69) is 5.32 Å². The van der Waals surface area contributed by atoms with Crippen molar-refractivity contribution in [3.05, 3.63) is 59.7 Å². The molecule has 248 valence electrons. The van der Waals surface area contributed by atoms with Gasteiger partial charge >= 0.3 is 6.18 Å². The fourth-order valence-corrected chi connectivity index (χ4v) is 5.10. The van der Waals surface area contributed by atoms with Gasteiger partial charge in [-0.15, -0.1) is 0 Å². The maximum absolute atomic E-state index is 14.1. The van der Waals surface area contributed by atoms with Gasteiger partial charge in [0.2, 0.25) is 5.91 Å². The molecule has 0 radical (unpaired) electrons. The van der Waals surface area contributed by atoms with Gasteiger partial charge in [-0.25, -0.2) is 0 Å². The van der Waals surface area contributed by atoms with Gasteiger partial charge in [0, 0.05) is 50.3 Å². The highest BCUT2D eigenvalue weighted by atomic mass is 19.4. The van der Waals surface area contributed by atoms with Crippen molar-refractivity contribution in [2.75, 3.05) is 38.7 Å². The van der Waals surface area contributed by atoms with Gasteiger partial charge in [0.05, 0.1) is 36.8 Å². The summed E-state index contributed by atoms with van der Waals surface area (Å²) in [5.41, 5.74) is 0.804. The smallest absolute Gasteiger partial charge is 0.389 e. The van der Waals surface area contributed by atoms with Gasteiger partial charge in [-0.05, 0) is 63.4 Å². The Morgan fingerprint density at radius 1 is 1.13 bits per heavy atom. The molecule has 0 fully saturated rings.